The van der Waals surface area contributed by atoms with Crippen LogP contribution in [0.25, 0.3) is 0 Å². The number of likely N-dealkylation sites (tertiary alicyclic amines) is 1. The van der Waals surface area contributed by atoms with Crippen molar-refractivity contribution in [3.05, 3.63) is 65.7 Å². The molecule has 1 heterocycles. The molecule has 40 heavy (non-hydrogen) atoms. The first-order valence-electron chi connectivity index (χ1n) is 15.3. The third kappa shape index (κ3) is 6.71. The van der Waals surface area contributed by atoms with Crippen LogP contribution in [0.5, 0.6) is 5.75 Å². The molecule has 0 spiro atoms. The highest BCUT2D eigenvalue weighted by atomic mass is 16.6. The number of hydrogen-bond acceptors (Lipinski definition) is 5. The number of methoxy groups -OCH3 is 1. The predicted molar refractivity (Wildman–Crippen MR) is 157 cm³/mol. The number of nitrogens with one attached hydrogen (secondary N) is 1. The van der Waals surface area contributed by atoms with Crippen molar-refractivity contribution in [2.24, 2.45) is 5.92 Å². The molecule has 3 fully saturated rings. The number of ether oxygens (including phenoxy) is 2. The van der Waals surface area contributed by atoms with Gasteiger partial charge in [-0.3, -0.25) is 14.5 Å². The van der Waals surface area contributed by atoms with Gasteiger partial charge in [0.2, 0.25) is 5.91 Å². The van der Waals surface area contributed by atoms with Crippen LogP contribution in [0.15, 0.2) is 54.6 Å². The van der Waals surface area contributed by atoms with Crippen LogP contribution in [-0.4, -0.2) is 55.2 Å². The normalized spacial score (nSPS) is 26.5. The van der Waals surface area contributed by atoms with Crippen LogP contribution >= 0.6 is 0 Å². The van der Waals surface area contributed by atoms with Crippen molar-refractivity contribution >= 4 is 11.9 Å². The first-order valence-corrected chi connectivity index (χ1v) is 15.3. The average molecular weight is 547 g/mol. The van der Waals surface area contributed by atoms with E-state index in [2.05, 4.69) is 46.6 Å². The number of carbonyl (C=O) groups excluding carboxylic acids is 2. The topological polar surface area (TPSA) is 67.9 Å². The molecule has 0 aromatic heterocycles. The van der Waals surface area contributed by atoms with E-state index in [1.807, 2.05) is 18.2 Å². The molecule has 1 N–H and O–H groups in total. The van der Waals surface area contributed by atoms with Gasteiger partial charge in [0.05, 0.1) is 7.11 Å². The number of esters is 1. The van der Waals surface area contributed by atoms with Crippen molar-refractivity contribution in [3.8, 4) is 5.75 Å². The van der Waals surface area contributed by atoms with Gasteiger partial charge in [-0.25, -0.2) is 0 Å². The number of nitrogens with zero attached hydrogens (tertiary/aromatic N) is 1. The summed E-state index contributed by atoms with van der Waals surface area (Å²) < 4.78 is 12.0. The maximum atomic E-state index is 13.1. The number of fused-ring (bicyclic) bond motifs is 1. The van der Waals surface area contributed by atoms with Gasteiger partial charge in [0, 0.05) is 37.9 Å². The summed E-state index contributed by atoms with van der Waals surface area (Å²) in [6, 6.07) is 18.9. The molecule has 2 saturated carbocycles. The SMILES string of the molecule is COc1cccc(C23CCN(CC4CC4)CC2(OC(C)=O)CCC(NC(=O)CCCCCc2ccccc2)C3)c1. The van der Waals surface area contributed by atoms with Gasteiger partial charge in [-0.05, 0) is 93.5 Å². The Hall–Kier alpha value is -2.86. The Labute approximate surface area is 239 Å². The fourth-order valence-electron chi connectivity index (χ4n) is 7.29. The number of carbonyl (C=O) groups is 2. The highest BCUT2D eigenvalue weighted by Gasteiger charge is 2.61. The third-order valence-electron chi connectivity index (χ3n) is 9.45. The molecule has 2 aromatic rings. The molecule has 2 aliphatic carbocycles. The van der Waals surface area contributed by atoms with E-state index in [1.54, 1.807) is 7.11 Å². The van der Waals surface area contributed by atoms with E-state index in [1.165, 1.54) is 25.3 Å². The van der Waals surface area contributed by atoms with Crippen LogP contribution in [-0.2, 0) is 26.2 Å². The van der Waals surface area contributed by atoms with Crippen LogP contribution in [0.4, 0.5) is 0 Å². The fourth-order valence-corrected chi connectivity index (χ4v) is 7.29. The molecule has 3 unspecified atom stereocenters. The predicted octanol–water partition coefficient (Wildman–Crippen LogP) is 5.82. The molecule has 1 amide bonds. The Morgan fingerprint density at radius 3 is 2.58 bits per heavy atom. The molecule has 3 atom stereocenters. The summed E-state index contributed by atoms with van der Waals surface area (Å²) in [5.74, 6) is 1.50. The van der Waals surface area contributed by atoms with Gasteiger partial charge in [-0.15, -0.1) is 0 Å². The molecule has 0 bridgehead atoms. The lowest BCUT2D eigenvalue weighted by atomic mass is 9.55. The monoisotopic (exact) mass is 546 g/mol. The quantitative estimate of drug-likeness (QED) is 0.268. The minimum atomic E-state index is -0.614. The summed E-state index contributed by atoms with van der Waals surface area (Å²) in [5, 5.41) is 3.38. The maximum Gasteiger partial charge on any atom is 0.303 e. The van der Waals surface area contributed by atoms with Gasteiger partial charge >= 0.3 is 5.97 Å². The first kappa shape index (κ1) is 28.7. The number of aryl methyl sites for hydroxylation is 1. The molecule has 6 nitrogen and oxygen atoms in total. The van der Waals surface area contributed by atoms with E-state index >= 15 is 0 Å². The zero-order valence-corrected chi connectivity index (χ0v) is 24.3. The zero-order chi connectivity index (χ0) is 28.0. The molecular formula is C34H46N2O4. The molecule has 2 aromatic carbocycles. The van der Waals surface area contributed by atoms with Gasteiger partial charge in [-0.2, -0.15) is 0 Å². The molecule has 1 saturated heterocycles. The molecule has 216 valence electrons. The highest BCUT2D eigenvalue weighted by Crippen LogP contribution is 2.54. The Morgan fingerprint density at radius 2 is 1.82 bits per heavy atom. The fraction of sp³-hybridized carbons (Fsp3) is 0.588. The van der Waals surface area contributed by atoms with Gasteiger partial charge in [0.25, 0.3) is 0 Å². The summed E-state index contributed by atoms with van der Waals surface area (Å²) in [5.41, 5.74) is 1.52. The third-order valence-corrected chi connectivity index (χ3v) is 9.45. The largest absolute Gasteiger partial charge is 0.497 e. The number of piperidine rings is 1. The van der Waals surface area contributed by atoms with Crippen LogP contribution in [0.1, 0.15) is 82.3 Å². The van der Waals surface area contributed by atoms with Crippen LogP contribution < -0.4 is 10.1 Å². The minimum Gasteiger partial charge on any atom is -0.497 e. The lowest BCUT2D eigenvalue weighted by molar-refractivity contribution is -0.187. The molecule has 0 radical (unpaired) electrons. The van der Waals surface area contributed by atoms with Crippen molar-refractivity contribution in [2.75, 3.05) is 26.7 Å². The Bertz CT molecular complexity index is 1150. The smallest absolute Gasteiger partial charge is 0.303 e. The molecular weight excluding hydrogens is 500 g/mol. The molecule has 5 rings (SSSR count). The van der Waals surface area contributed by atoms with Crippen LogP contribution in [0.2, 0.25) is 0 Å². The summed E-state index contributed by atoms with van der Waals surface area (Å²) in [6.45, 7) is 4.35. The summed E-state index contributed by atoms with van der Waals surface area (Å²) >= 11 is 0. The summed E-state index contributed by atoms with van der Waals surface area (Å²) in [6.07, 6.45) is 10.5. The van der Waals surface area contributed by atoms with Crippen LogP contribution in [0, 0.1) is 5.92 Å². The van der Waals surface area contributed by atoms with Crippen molar-refractivity contribution in [2.45, 2.75) is 94.6 Å². The molecule has 3 aliphatic rings. The van der Waals surface area contributed by atoms with Crippen molar-refractivity contribution in [1.82, 2.24) is 10.2 Å². The lowest BCUT2D eigenvalue weighted by Gasteiger charge is -2.59. The Balaban J connectivity index is 1.28. The van der Waals surface area contributed by atoms with Gasteiger partial charge in [0.15, 0.2) is 0 Å². The lowest BCUT2D eigenvalue weighted by Crippen LogP contribution is -2.68. The van der Waals surface area contributed by atoms with Gasteiger partial charge < -0.3 is 14.8 Å². The average Bonchev–Trinajstić information content (AvgIpc) is 3.77. The summed E-state index contributed by atoms with van der Waals surface area (Å²) in [7, 11) is 1.69. The second kappa shape index (κ2) is 12.8. The van der Waals surface area contributed by atoms with E-state index in [0.717, 1.165) is 88.2 Å². The number of amides is 1. The highest BCUT2D eigenvalue weighted by molar-refractivity contribution is 5.76. The second-order valence-corrected chi connectivity index (χ2v) is 12.4. The molecule has 1 aliphatic heterocycles. The second-order valence-electron chi connectivity index (χ2n) is 12.4. The van der Waals surface area contributed by atoms with E-state index < -0.39 is 5.60 Å². The van der Waals surface area contributed by atoms with E-state index in [4.69, 9.17) is 9.47 Å². The minimum absolute atomic E-state index is 0.0571. The van der Waals surface area contributed by atoms with Gasteiger partial charge in [0.1, 0.15) is 11.4 Å². The van der Waals surface area contributed by atoms with Crippen LogP contribution in [0.3, 0.4) is 0 Å². The Kier molecular flexibility index (Phi) is 9.14. The van der Waals surface area contributed by atoms with E-state index in [9.17, 15) is 9.59 Å². The number of rotatable bonds is 12. The van der Waals surface area contributed by atoms with Gasteiger partial charge in [-0.1, -0.05) is 48.9 Å². The maximum absolute atomic E-state index is 13.1. The zero-order valence-electron chi connectivity index (χ0n) is 24.3. The Morgan fingerprint density at radius 1 is 1.00 bits per heavy atom. The van der Waals surface area contributed by atoms with E-state index in [-0.39, 0.29) is 23.3 Å². The standard InChI is InChI=1S/C34H46N2O4/c1-26(37)40-34-19-18-30(35-32(38)15-8-4-7-12-27-10-5-3-6-11-27)23-33(34,29-13-9-14-31(22-29)39-2)20-21-36(25-34)24-28-16-17-28/h3,5-6,9-11,13-14,22,28,30H,4,7-8,12,15-21,23-25H2,1-2H3,(H,35,38). The number of unbranched alkanes of at least 4 members (excludes halogenated alkanes) is 2. The van der Waals surface area contributed by atoms with Crippen molar-refractivity contribution in [1.29, 1.82) is 0 Å². The molecule has 6 heteroatoms. The first-order chi connectivity index (χ1) is 19.4. The number of benzene rings is 2. The number of hydrogen-bond donors (Lipinski definition) is 1. The summed E-state index contributed by atoms with van der Waals surface area (Å²) in [4.78, 5) is 28.2. The van der Waals surface area contributed by atoms with Crippen molar-refractivity contribution < 1.29 is 19.1 Å². The van der Waals surface area contributed by atoms with E-state index in [0.29, 0.717) is 6.42 Å². The van der Waals surface area contributed by atoms with Crippen molar-refractivity contribution in [3.63, 3.8) is 0 Å².